The molecule has 2 saturated heterocycles. The zero-order valence-corrected chi connectivity index (χ0v) is 18.6. The molecule has 0 unspecified atom stereocenters. The van der Waals surface area contributed by atoms with E-state index in [2.05, 4.69) is 62.3 Å². The summed E-state index contributed by atoms with van der Waals surface area (Å²) in [7, 11) is -0.393. The summed E-state index contributed by atoms with van der Waals surface area (Å²) in [6.07, 6.45) is 6.89. The molecule has 2 aliphatic rings. The van der Waals surface area contributed by atoms with Gasteiger partial charge in [-0.2, -0.15) is 0 Å². The van der Waals surface area contributed by atoms with Gasteiger partial charge in [-0.1, -0.05) is 39.0 Å². The van der Waals surface area contributed by atoms with E-state index < -0.39 is 0 Å². The minimum Gasteiger partial charge on any atom is -0.403 e. The highest BCUT2D eigenvalue weighted by Crippen LogP contribution is 2.45. The van der Waals surface area contributed by atoms with Crippen LogP contribution < -0.4 is 0 Å². The lowest BCUT2D eigenvalue weighted by molar-refractivity contribution is 0.00578. The molecule has 0 N–H and O–H groups in total. The number of hydrogen-bond donors (Lipinski definition) is 0. The van der Waals surface area contributed by atoms with Gasteiger partial charge >= 0.3 is 14.2 Å². The fourth-order valence-electron chi connectivity index (χ4n) is 3.59. The van der Waals surface area contributed by atoms with Crippen LogP contribution in [0.1, 0.15) is 94.4 Å². The van der Waals surface area contributed by atoms with Crippen molar-refractivity contribution in [2.75, 3.05) is 0 Å². The molecule has 0 aromatic carbocycles. The van der Waals surface area contributed by atoms with E-state index >= 15 is 0 Å². The molecule has 0 aromatic rings. The normalized spacial score (nSPS) is 27.1. The molecule has 0 aromatic heterocycles. The third-order valence-electron chi connectivity index (χ3n) is 6.88. The first-order chi connectivity index (χ1) is 11.8. The summed E-state index contributed by atoms with van der Waals surface area (Å²) in [4.78, 5) is 0. The lowest BCUT2D eigenvalue weighted by atomic mass is 9.59. The highest BCUT2D eigenvalue weighted by atomic mass is 16.7. The molecule has 0 radical (unpaired) electrons. The van der Waals surface area contributed by atoms with Crippen LogP contribution in [-0.4, -0.2) is 36.6 Å². The second-order valence-corrected chi connectivity index (χ2v) is 10.2. The maximum Gasteiger partial charge on any atom is 0.460 e. The maximum atomic E-state index is 6.36. The average molecular weight is 366 g/mol. The summed E-state index contributed by atoms with van der Waals surface area (Å²) in [5, 5.41) is 0. The predicted molar refractivity (Wildman–Crippen MR) is 109 cm³/mol. The van der Waals surface area contributed by atoms with Crippen LogP contribution in [0.2, 0.25) is 12.1 Å². The van der Waals surface area contributed by atoms with E-state index in [4.69, 9.17) is 18.6 Å². The Bertz CT molecular complexity index is 444. The van der Waals surface area contributed by atoms with Crippen LogP contribution in [0, 0.1) is 0 Å². The predicted octanol–water partition coefficient (Wildman–Crippen LogP) is 5.51. The Balaban J connectivity index is 2.05. The molecule has 0 saturated carbocycles. The smallest absolute Gasteiger partial charge is 0.403 e. The van der Waals surface area contributed by atoms with Crippen LogP contribution in [-0.2, 0) is 18.6 Å². The highest BCUT2D eigenvalue weighted by Gasteiger charge is 2.56. The van der Waals surface area contributed by atoms with Gasteiger partial charge in [-0.3, -0.25) is 0 Å². The molecule has 2 heterocycles. The van der Waals surface area contributed by atoms with E-state index in [1.807, 2.05) is 0 Å². The summed E-state index contributed by atoms with van der Waals surface area (Å²) in [5.41, 5.74) is -1.18. The van der Waals surface area contributed by atoms with Gasteiger partial charge < -0.3 is 18.6 Å². The van der Waals surface area contributed by atoms with Gasteiger partial charge in [-0.05, 0) is 67.5 Å². The Morgan fingerprint density at radius 3 is 1.58 bits per heavy atom. The van der Waals surface area contributed by atoms with Gasteiger partial charge in [0.2, 0.25) is 0 Å². The van der Waals surface area contributed by atoms with E-state index in [1.54, 1.807) is 0 Å². The quantitative estimate of drug-likeness (QED) is 0.419. The lowest BCUT2D eigenvalue weighted by Gasteiger charge is -2.32. The van der Waals surface area contributed by atoms with Crippen LogP contribution in [0.15, 0.2) is 0 Å². The van der Waals surface area contributed by atoms with Crippen molar-refractivity contribution in [2.24, 2.45) is 0 Å². The van der Waals surface area contributed by atoms with E-state index in [1.165, 1.54) is 25.7 Å². The fraction of sp³-hybridized carbons (Fsp3) is 1.00. The molecule has 2 rings (SSSR count). The minimum atomic E-state index is -0.296. The van der Waals surface area contributed by atoms with Gasteiger partial charge in [-0.25, -0.2) is 0 Å². The van der Waals surface area contributed by atoms with Crippen LogP contribution in [0.25, 0.3) is 0 Å². The Labute approximate surface area is 162 Å². The second kappa shape index (κ2) is 7.77. The topological polar surface area (TPSA) is 36.9 Å². The van der Waals surface area contributed by atoms with Crippen molar-refractivity contribution in [3.8, 4) is 0 Å². The molecule has 0 spiro atoms. The minimum absolute atomic E-state index is 0.194. The number of hydrogen-bond acceptors (Lipinski definition) is 4. The van der Waals surface area contributed by atoms with E-state index in [-0.39, 0.29) is 42.5 Å². The summed E-state index contributed by atoms with van der Waals surface area (Å²) >= 11 is 0. The average Bonchev–Trinajstić information content (AvgIpc) is 2.81. The monoisotopic (exact) mass is 366 g/mol. The zero-order valence-electron chi connectivity index (χ0n) is 18.6. The highest BCUT2D eigenvalue weighted by molar-refractivity contribution is 6.53. The van der Waals surface area contributed by atoms with Crippen molar-refractivity contribution in [1.82, 2.24) is 0 Å². The van der Waals surface area contributed by atoms with Gasteiger partial charge in [0.05, 0.1) is 22.4 Å². The Morgan fingerprint density at radius 2 is 1.12 bits per heavy atom. The van der Waals surface area contributed by atoms with Crippen LogP contribution in [0.4, 0.5) is 0 Å². The van der Waals surface area contributed by atoms with Gasteiger partial charge in [-0.15, -0.1) is 0 Å². The molecule has 0 bridgehead atoms. The molecule has 150 valence electrons. The number of unbranched alkanes of at least 4 members (excludes halogenated alkanes) is 3. The van der Waals surface area contributed by atoms with Gasteiger partial charge in [0, 0.05) is 0 Å². The van der Waals surface area contributed by atoms with E-state index in [0.29, 0.717) is 0 Å². The van der Waals surface area contributed by atoms with Crippen molar-refractivity contribution in [2.45, 2.75) is 129 Å². The Morgan fingerprint density at radius 1 is 0.654 bits per heavy atom. The molecular weight excluding hydrogens is 326 g/mol. The summed E-state index contributed by atoms with van der Waals surface area (Å²) in [6.45, 7) is 19.2. The molecule has 1 atom stereocenters. The first-order valence-electron chi connectivity index (χ1n) is 10.5. The molecular formula is C20H40B2O4. The summed E-state index contributed by atoms with van der Waals surface area (Å²) in [6, 6.07) is 0. The van der Waals surface area contributed by atoms with Gasteiger partial charge in [0.15, 0.2) is 0 Å². The van der Waals surface area contributed by atoms with Crippen LogP contribution in [0.5, 0.6) is 0 Å². The van der Waals surface area contributed by atoms with Gasteiger partial charge in [0.1, 0.15) is 0 Å². The molecule has 0 amide bonds. The van der Waals surface area contributed by atoms with Crippen LogP contribution in [0.3, 0.4) is 0 Å². The molecule has 6 heteroatoms. The van der Waals surface area contributed by atoms with Gasteiger partial charge in [0.25, 0.3) is 0 Å². The van der Waals surface area contributed by atoms with Crippen LogP contribution >= 0.6 is 0 Å². The molecule has 2 aliphatic heterocycles. The van der Waals surface area contributed by atoms with E-state index in [0.717, 1.165) is 12.7 Å². The number of rotatable bonds is 8. The first kappa shape index (κ1) is 22.3. The van der Waals surface area contributed by atoms with Crippen molar-refractivity contribution in [3.63, 3.8) is 0 Å². The summed E-state index contributed by atoms with van der Waals surface area (Å²) < 4.78 is 25.2. The van der Waals surface area contributed by atoms with Crippen molar-refractivity contribution in [1.29, 1.82) is 0 Å². The molecule has 4 nitrogen and oxygen atoms in total. The van der Waals surface area contributed by atoms with Crippen molar-refractivity contribution in [3.05, 3.63) is 0 Å². The fourth-order valence-corrected chi connectivity index (χ4v) is 3.59. The molecule has 0 aliphatic carbocycles. The maximum absolute atomic E-state index is 6.36. The standard InChI is InChI=1S/C20H40B2O4/c1-10-11-12-13-14-16(22-25-19(6,7)20(8,9)26-22)15-21-23-17(2,3)18(4,5)24-21/h16H,10-15H2,1-9H3/t16-/m1/s1. The zero-order chi connectivity index (χ0) is 19.8. The third-order valence-corrected chi connectivity index (χ3v) is 6.88. The SMILES string of the molecule is CCCCCC[C@H](CB1OC(C)(C)C(C)(C)O1)B1OC(C)(C)C(C)(C)O1. The molecule has 26 heavy (non-hydrogen) atoms. The van der Waals surface area contributed by atoms with Crippen molar-refractivity contribution < 1.29 is 18.6 Å². The Kier molecular flexibility index (Phi) is 6.65. The summed E-state index contributed by atoms with van der Waals surface area (Å²) in [5.74, 6) is 0.280. The second-order valence-electron chi connectivity index (χ2n) is 10.2. The van der Waals surface area contributed by atoms with Crippen molar-refractivity contribution >= 4 is 14.2 Å². The van der Waals surface area contributed by atoms with E-state index in [9.17, 15) is 0 Å². The third kappa shape index (κ3) is 4.68. The largest absolute Gasteiger partial charge is 0.460 e. The first-order valence-corrected chi connectivity index (χ1v) is 10.5. The molecule has 2 fully saturated rings. The Hall–Kier alpha value is -0.0301. The lowest BCUT2D eigenvalue weighted by Crippen LogP contribution is -2.41.